The van der Waals surface area contributed by atoms with Gasteiger partial charge in [0.25, 0.3) is 0 Å². The molecule has 0 saturated carbocycles. The molecule has 0 amide bonds. The summed E-state index contributed by atoms with van der Waals surface area (Å²) in [7, 11) is 0. The number of hydrogen-bond acceptors (Lipinski definition) is 2. The summed E-state index contributed by atoms with van der Waals surface area (Å²) in [6.45, 7) is 1.05. The predicted octanol–water partition coefficient (Wildman–Crippen LogP) is 3.99. The second kappa shape index (κ2) is 5.45. The fraction of sp³-hybridized carbons (Fsp3) is 0.250. The third-order valence-corrected chi connectivity index (χ3v) is 4.71. The lowest BCUT2D eigenvalue weighted by Gasteiger charge is -2.35. The number of nitrogens with zero attached hydrogens (tertiary/aromatic N) is 1. The second-order valence-corrected chi connectivity index (χ2v) is 6.07. The minimum atomic E-state index is 0.285. The normalized spacial score (nSPS) is 21.2. The maximum absolute atomic E-state index is 12.8. The maximum Gasteiger partial charge on any atom is 0.167 e. The summed E-state index contributed by atoms with van der Waals surface area (Å²) >= 11 is 0. The van der Waals surface area contributed by atoms with E-state index in [0.29, 0.717) is 12.5 Å². The molecule has 0 N–H and O–H groups in total. The van der Waals surface area contributed by atoms with Crippen LogP contribution >= 0.6 is 0 Å². The van der Waals surface area contributed by atoms with Crippen molar-refractivity contribution in [1.29, 1.82) is 0 Å². The van der Waals surface area contributed by atoms with Gasteiger partial charge in [0.05, 0.1) is 5.70 Å². The van der Waals surface area contributed by atoms with Gasteiger partial charge in [0.1, 0.15) is 0 Å². The van der Waals surface area contributed by atoms with E-state index in [1.807, 2.05) is 36.4 Å². The van der Waals surface area contributed by atoms with Gasteiger partial charge in [-0.25, -0.2) is 0 Å². The van der Waals surface area contributed by atoms with Crippen molar-refractivity contribution in [3.8, 4) is 0 Å². The Kier molecular flexibility index (Phi) is 3.30. The molecule has 0 spiro atoms. The summed E-state index contributed by atoms with van der Waals surface area (Å²) in [6.07, 6.45) is 2.96. The van der Waals surface area contributed by atoms with E-state index < -0.39 is 0 Å². The first-order valence-corrected chi connectivity index (χ1v) is 7.99. The largest absolute Gasteiger partial charge is 0.367 e. The Morgan fingerprint density at radius 2 is 1.50 bits per heavy atom. The Hall–Kier alpha value is -2.35. The molecule has 2 aliphatic heterocycles. The molecule has 22 heavy (non-hydrogen) atoms. The Balaban J connectivity index is 1.95. The Bertz CT molecular complexity index is 718. The lowest BCUT2D eigenvalue weighted by atomic mass is 9.88. The molecule has 2 aliphatic rings. The number of rotatable bonds is 2. The molecule has 0 bridgehead atoms. The van der Waals surface area contributed by atoms with E-state index in [9.17, 15) is 4.79 Å². The highest BCUT2D eigenvalue weighted by Gasteiger charge is 2.37. The molecule has 0 radical (unpaired) electrons. The van der Waals surface area contributed by atoms with Gasteiger partial charge in [-0.1, -0.05) is 60.7 Å². The minimum absolute atomic E-state index is 0.285. The molecule has 2 nitrogen and oxygen atoms in total. The molecule has 0 aromatic heterocycles. The predicted molar refractivity (Wildman–Crippen MR) is 89.1 cm³/mol. The zero-order chi connectivity index (χ0) is 14.9. The van der Waals surface area contributed by atoms with Crippen LogP contribution in [0.3, 0.4) is 0 Å². The average Bonchev–Trinajstić information content (AvgIpc) is 3.03. The van der Waals surface area contributed by atoms with Crippen LogP contribution in [0.1, 0.15) is 30.4 Å². The number of carbonyl (C=O) groups is 1. The number of hydrogen-bond donors (Lipinski definition) is 0. The monoisotopic (exact) mass is 289 g/mol. The third kappa shape index (κ3) is 2.16. The van der Waals surface area contributed by atoms with Crippen LogP contribution in [-0.4, -0.2) is 23.3 Å². The first-order chi connectivity index (χ1) is 10.8. The molecule has 2 aromatic rings. The van der Waals surface area contributed by atoms with Gasteiger partial charge in [-0.2, -0.15) is 0 Å². The Morgan fingerprint density at radius 1 is 0.864 bits per heavy atom. The van der Waals surface area contributed by atoms with Crippen LogP contribution in [0.25, 0.3) is 11.3 Å². The quantitative estimate of drug-likeness (QED) is 0.833. The highest BCUT2D eigenvalue weighted by atomic mass is 16.1. The molecular weight excluding hydrogens is 270 g/mol. The third-order valence-electron chi connectivity index (χ3n) is 4.71. The number of allylic oxidation sites excluding steroid dienone is 1. The first-order valence-electron chi connectivity index (χ1n) is 7.99. The second-order valence-electron chi connectivity index (χ2n) is 6.07. The highest BCUT2D eigenvalue weighted by Crippen LogP contribution is 2.40. The summed E-state index contributed by atoms with van der Waals surface area (Å²) in [4.78, 5) is 15.3. The van der Waals surface area contributed by atoms with E-state index in [1.165, 1.54) is 6.42 Å². The van der Waals surface area contributed by atoms with Crippen LogP contribution in [0, 0.1) is 0 Å². The van der Waals surface area contributed by atoms with Crippen LogP contribution in [-0.2, 0) is 4.79 Å². The SMILES string of the molecule is O=C1C[C@H]2CCCN2C(c2ccccc2)=C1c1ccccc1. The molecule has 0 unspecified atom stereocenters. The zero-order valence-corrected chi connectivity index (χ0v) is 12.5. The molecule has 0 aliphatic carbocycles. The molecule has 4 rings (SSSR count). The summed E-state index contributed by atoms with van der Waals surface area (Å²) in [5.74, 6) is 0.285. The molecule has 1 atom stereocenters. The number of benzene rings is 2. The lowest BCUT2D eigenvalue weighted by Crippen LogP contribution is -2.36. The van der Waals surface area contributed by atoms with Crippen LogP contribution in [0.15, 0.2) is 60.7 Å². The van der Waals surface area contributed by atoms with Crippen LogP contribution in [0.5, 0.6) is 0 Å². The van der Waals surface area contributed by atoms with Gasteiger partial charge in [0.2, 0.25) is 0 Å². The van der Waals surface area contributed by atoms with Crippen molar-refractivity contribution in [2.45, 2.75) is 25.3 Å². The smallest absolute Gasteiger partial charge is 0.167 e. The van der Waals surface area contributed by atoms with Crippen molar-refractivity contribution in [3.05, 3.63) is 71.8 Å². The number of fused-ring (bicyclic) bond motifs is 1. The van der Waals surface area contributed by atoms with Crippen molar-refractivity contribution in [1.82, 2.24) is 4.90 Å². The molecule has 1 fully saturated rings. The van der Waals surface area contributed by atoms with Crippen molar-refractivity contribution in [3.63, 3.8) is 0 Å². The highest BCUT2D eigenvalue weighted by molar-refractivity contribution is 6.28. The first kappa shape index (κ1) is 13.3. The summed E-state index contributed by atoms with van der Waals surface area (Å²) in [6, 6.07) is 20.9. The Labute approximate surface area is 131 Å². The molecule has 2 aromatic carbocycles. The van der Waals surface area contributed by atoms with Crippen molar-refractivity contribution < 1.29 is 4.79 Å². The fourth-order valence-corrected chi connectivity index (χ4v) is 3.74. The fourth-order valence-electron chi connectivity index (χ4n) is 3.74. The maximum atomic E-state index is 12.8. The van der Waals surface area contributed by atoms with E-state index in [-0.39, 0.29) is 5.78 Å². The van der Waals surface area contributed by atoms with E-state index in [2.05, 4.69) is 29.2 Å². The zero-order valence-electron chi connectivity index (χ0n) is 12.5. The Morgan fingerprint density at radius 3 is 2.18 bits per heavy atom. The lowest BCUT2D eigenvalue weighted by molar-refractivity contribution is -0.114. The summed E-state index contributed by atoms with van der Waals surface area (Å²) in [5, 5.41) is 0. The van der Waals surface area contributed by atoms with Crippen molar-refractivity contribution >= 4 is 17.1 Å². The van der Waals surface area contributed by atoms with E-state index in [4.69, 9.17) is 0 Å². The van der Waals surface area contributed by atoms with Gasteiger partial charge >= 0.3 is 0 Å². The van der Waals surface area contributed by atoms with Gasteiger partial charge < -0.3 is 4.90 Å². The average molecular weight is 289 g/mol. The van der Waals surface area contributed by atoms with Gasteiger partial charge in [0.15, 0.2) is 5.78 Å². The number of carbonyl (C=O) groups excluding carboxylic acids is 1. The van der Waals surface area contributed by atoms with Gasteiger partial charge in [-0.3, -0.25) is 4.79 Å². The number of ketones is 1. The minimum Gasteiger partial charge on any atom is -0.367 e. The molecular formula is C20H19NO. The molecule has 110 valence electrons. The number of Topliss-reactive ketones (excluding diaryl/α,β-unsaturated/α-hetero) is 1. The van der Waals surface area contributed by atoms with E-state index >= 15 is 0 Å². The standard InChI is InChI=1S/C20H19NO/c22-18-14-17-12-7-13-21(17)20(16-10-5-2-6-11-16)19(18)15-8-3-1-4-9-15/h1-6,8-11,17H,7,12-14H2/t17-/m1/s1. The molecule has 2 heterocycles. The van der Waals surface area contributed by atoms with Crippen LogP contribution in [0.4, 0.5) is 0 Å². The summed E-state index contributed by atoms with van der Waals surface area (Å²) in [5.41, 5.74) is 4.22. The van der Waals surface area contributed by atoms with Crippen LogP contribution in [0.2, 0.25) is 0 Å². The molecule has 2 heteroatoms. The summed E-state index contributed by atoms with van der Waals surface area (Å²) < 4.78 is 0. The van der Waals surface area contributed by atoms with Crippen LogP contribution < -0.4 is 0 Å². The van der Waals surface area contributed by atoms with Crippen molar-refractivity contribution in [2.75, 3.05) is 6.54 Å². The van der Waals surface area contributed by atoms with E-state index in [0.717, 1.165) is 35.4 Å². The topological polar surface area (TPSA) is 20.3 Å². The molecule has 1 saturated heterocycles. The van der Waals surface area contributed by atoms with E-state index in [1.54, 1.807) is 0 Å². The van der Waals surface area contributed by atoms with Crippen molar-refractivity contribution in [2.24, 2.45) is 0 Å². The van der Waals surface area contributed by atoms with Gasteiger partial charge in [0, 0.05) is 24.6 Å². The van der Waals surface area contributed by atoms with Gasteiger partial charge in [-0.15, -0.1) is 0 Å². The van der Waals surface area contributed by atoms with Gasteiger partial charge in [-0.05, 0) is 24.0 Å².